The summed E-state index contributed by atoms with van der Waals surface area (Å²) >= 11 is 0. The Balaban J connectivity index is 2.66. The van der Waals surface area contributed by atoms with Gasteiger partial charge in [0.25, 0.3) is 0 Å². The summed E-state index contributed by atoms with van der Waals surface area (Å²) in [6.07, 6.45) is 1.62. The van der Waals surface area contributed by atoms with Crippen LogP contribution in [0.3, 0.4) is 0 Å². The molecule has 1 N–H and O–H groups in total. The molecule has 15 heavy (non-hydrogen) atoms. The van der Waals surface area contributed by atoms with E-state index in [9.17, 15) is 4.79 Å². The minimum atomic E-state index is -0.352. The predicted molar refractivity (Wildman–Crippen MR) is 56.2 cm³/mol. The molecule has 0 aliphatic rings. The number of methoxy groups -OCH3 is 2. The van der Waals surface area contributed by atoms with Gasteiger partial charge in [-0.1, -0.05) is 12.1 Å². The number of hydrogen-bond donors (Lipinski definition) is 1. The van der Waals surface area contributed by atoms with Gasteiger partial charge in [-0.2, -0.15) is 0 Å². The van der Waals surface area contributed by atoms with Crippen LogP contribution >= 0.6 is 0 Å². The van der Waals surface area contributed by atoms with Gasteiger partial charge >= 0.3 is 5.97 Å². The molecule has 0 spiro atoms. The Hall–Kier alpha value is -1.97. The highest BCUT2D eigenvalue weighted by Crippen LogP contribution is 2.27. The maximum Gasteiger partial charge on any atom is 0.340 e. The third-order valence-corrected chi connectivity index (χ3v) is 2.30. The lowest BCUT2D eigenvalue weighted by atomic mass is 10.1. The largest absolute Gasteiger partial charge is 0.495 e. The van der Waals surface area contributed by atoms with E-state index in [0.29, 0.717) is 11.3 Å². The molecular formula is C11H11NO3. The number of carbonyl (C=O) groups excluding carboxylic acids is 1. The summed E-state index contributed by atoms with van der Waals surface area (Å²) < 4.78 is 9.85. The van der Waals surface area contributed by atoms with Crippen molar-refractivity contribution in [2.75, 3.05) is 14.2 Å². The maximum absolute atomic E-state index is 11.4. The van der Waals surface area contributed by atoms with Gasteiger partial charge in [-0.25, -0.2) is 4.79 Å². The molecule has 2 aromatic rings. The molecule has 0 saturated carbocycles. The molecular weight excluding hydrogens is 194 g/mol. The summed E-state index contributed by atoms with van der Waals surface area (Å²) in [6, 6.07) is 5.52. The van der Waals surface area contributed by atoms with Crippen LogP contribution in [0.5, 0.6) is 5.75 Å². The van der Waals surface area contributed by atoms with Gasteiger partial charge in [0.2, 0.25) is 0 Å². The molecule has 0 aliphatic heterocycles. The van der Waals surface area contributed by atoms with Gasteiger partial charge in [0.1, 0.15) is 5.75 Å². The highest BCUT2D eigenvalue weighted by atomic mass is 16.5. The SMILES string of the molecule is COC(=O)c1c[nH]c2c(OC)cccc12. The third-order valence-electron chi connectivity index (χ3n) is 2.30. The number of aromatic amines is 1. The monoisotopic (exact) mass is 205 g/mol. The number of para-hydroxylation sites is 1. The average Bonchev–Trinajstić information content (AvgIpc) is 2.71. The van der Waals surface area contributed by atoms with Crippen molar-refractivity contribution in [2.45, 2.75) is 0 Å². The van der Waals surface area contributed by atoms with E-state index in [2.05, 4.69) is 9.72 Å². The molecule has 0 unspecified atom stereocenters. The van der Waals surface area contributed by atoms with Crippen molar-refractivity contribution < 1.29 is 14.3 Å². The predicted octanol–water partition coefficient (Wildman–Crippen LogP) is 1.96. The molecule has 0 aliphatic carbocycles. The molecule has 78 valence electrons. The molecule has 0 bridgehead atoms. The van der Waals surface area contributed by atoms with Crippen LogP contribution in [0.4, 0.5) is 0 Å². The maximum atomic E-state index is 11.4. The fourth-order valence-electron chi connectivity index (χ4n) is 1.58. The second-order valence-electron chi connectivity index (χ2n) is 3.08. The standard InChI is InChI=1S/C11H11NO3/c1-14-9-5-3-4-7-8(11(13)15-2)6-12-10(7)9/h3-6,12H,1-2H3. The zero-order chi connectivity index (χ0) is 10.8. The minimum Gasteiger partial charge on any atom is -0.495 e. The van der Waals surface area contributed by atoms with Crippen molar-refractivity contribution in [3.05, 3.63) is 30.0 Å². The van der Waals surface area contributed by atoms with Crippen molar-refractivity contribution in [1.82, 2.24) is 4.98 Å². The van der Waals surface area contributed by atoms with Gasteiger partial charge in [-0.15, -0.1) is 0 Å². The number of hydrogen-bond acceptors (Lipinski definition) is 3. The minimum absolute atomic E-state index is 0.352. The fraction of sp³-hybridized carbons (Fsp3) is 0.182. The summed E-state index contributed by atoms with van der Waals surface area (Å²) in [5.74, 6) is 0.358. The highest BCUT2D eigenvalue weighted by molar-refractivity contribution is 6.05. The number of H-pyrrole nitrogens is 1. The number of ether oxygens (including phenoxy) is 2. The number of carbonyl (C=O) groups is 1. The van der Waals surface area contributed by atoms with E-state index < -0.39 is 0 Å². The van der Waals surface area contributed by atoms with Crippen LogP contribution in [-0.2, 0) is 4.74 Å². The second kappa shape index (κ2) is 3.65. The van der Waals surface area contributed by atoms with Gasteiger partial charge in [0, 0.05) is 11.6 Å². The van der Waals surface area contributed by atoms with Gasteiger partial charge in [0.15, 0.2) is 0 Å². The van der Waals surface area contributed by atoms with Crippen LogP contribution in [0, 0.1) is 0 Å². The van der Waals surface area contributed by atoms with Crippen LogP contribution in [0.2, 0.25) is 0 Å². The summed E-state index contributed by atoms with van der Waals surface area (Å²) in [6.45, 7) is 0. The van der Waals surface area contributed by atoms with E-state index in [1.54, 1.807) is 13.3 Å². The number of rotatable bonds is 2. The Morgan fingerprint density at radius 1 is 1.33 bits per heavy atom. The first kappa shape index (κ1) is 9.58. The van der Waals surface area contributed by atoms with E-state index in [4.69, 9.17) is 4.74 Å². The molecule has 0 radical (unpaired) electrons. The topological polar surface area (TPSA) is 51.3 Å². The average molecular weight is 205 g/mol. The zero-order valence-electron chi connectivity index (χ0n) is 8.53. The van der Waals surface area contributed by atoms with E-state index in [1.165, 1.54) is 7.11 Å². The summed E-state index contributed by atoms with van der Waals surface area (Å²) in [5.41, 5.74) is 1.33. The highest BCUT2D eigenvalue weighted by Gasteiger charge is 2.13. The zero-order valence-corrected chi connectivity index (χ0v) is 8.53. The molecule has 4 nitrogen and oxygen atoms in total. The fourth-order valence-corrected chi connectivity index (χ4v) is 1.58. The van der Waals surface area contributed by atoms with E-state index in [-0.39, 0.29) is 5.97 Å². The summed E-state index contributed by atoms with van der Waals surface area (Å²) in [5, 5.41) is 0.807. The lowest BCUT2D eigenvalue weighted by molar-refractivity contribution is 0.0603. The van der Waals surface area contributed by atoms with Crippen molar-refractivity contribution in [3.63, 3.8) is 0 Å². The quantitative estimate of drug-likeness (QED) is 0.762. The Bertz CT molecular complexity index is 502. The summed E-state index contributed by atoms with van der Waals surface area (Å²) in [4.78, 5) is 14.4. The molecule has 4 heteroatoms. The molecule has 0 saturated heterocycles. The number of benzene rings is 1. The molecule has 0 amide bonds. The van der Waals surface area contributed by atoms with Gasteiger partial charge in [-0.05, 0) is 6.07 Å². The lowest BCUT2D eigenvalue weighted by Gasteiger charge is -2.01. The molecule has 1 heterocycles. The van der Waals surface area contributed by atoms with Gasteiger partial charge in [0.05, 0.1) is 25.3 Å². The first-order valence-electron chi connectivity index (χ1n) is 4.50. The Morgan fingerprint density at radius 3 is 2.80 bits per heavy atom. The third kappa shape index (κ3) is 1.44. The van der Waals surface area contributed by atoms with Crippen LogP contribution < -0.4 is 4.74 Å². The molecule has 2 rings (SSSR count). The first-order valence-corrected chi connectivity index (χ1v) is 4.50. The smallest absolute Gasteiger partial charge is 0.340 e. The molecule has 0 fully saturated rings. The number of fused-ring (bicyclic) bond motifs is 1. The van der Waals surface area contributed by atoms with Crippen LogP contribution in [0.1, 0.15) is 10.4 Å². The van der Waals surface area contributed by atoms with Crippen molar-refractivity contribution in [3.8, 4) is 5.75 Å². The Morgan fingerprint density at radius 2 is 2.13 bits per heavy atom. The van der Waals surface area contributed by atoms with E-state index >= 15 is 0 Å². The van der Waals surface area contributed by atoms with E-state index in [0.717, 1.165) is 10.9 Å². The molecule has 0 atom stereocenters. The van der Waals surface area contributed by atoms with Crippen LogP contribution in [0.15, 0.2) is 24.4 Å². The normalized spacial score (nSPS) is 10.3. The number of aromatic nitrogens is 1. The van der Waals surface area contributed by atoms with Crippen molar-refractivity contribution in [2.24, 2.45) is 0 Å². The van der Waals surface area contributed by atoms with Gasteiger partial charge < -0.3 is 14.5 Å². The second-order valence-corrected chi connectivity index (χ2v) is 3.08. The van der Waals surface area contributed by atoms with Crippen molar-refractivity contribution >= 4 is 16.9 Å². The van der Waals surface area contributed by atoms with Crippen LogP contribution in [-0.4, -0.2) is 25.2 Å². The summed E-state index contributed by atoms with van der Waals surface area (Å²) in [7, 11) is 2.95. The van der Waals surface area contributed by atoms with Crippen molar-refractivity contribution in [1.29, 1.82) is 0 Å². The van der Waals surface area contributed by atoms with Crippen LogP contribution in [0.25, 0.3) is 10.9 Å². The molecule has 1 aromatic carbocycles. The Labute approximate surface area is 86.8 Å². The number of esters is 1. The first-order chi connectivity index (χ1) is 7.27. The Kier molecular flexibility index (Phi) is 2.33. The number of nitrogens with one attached hydrogen (secondary N) is 1. The van der Waals surface area contributed by atoms with Gasteiger partial charge in [-0.3, -0.25) is 0 Å². The van der Waals surface area contributed by atoms with E-state index in [1.807, 2.05) is 18.2 Å². The lowest BCUT2D eigenvalue weighted by Crippen LogP contribution is -1.99. The molecule has 1 aromatic heterocycles.